The van der Waals surface area contributed by atoms with Crippen LogP contribution in [0.5, 0.6) is 0 Å². The van der Waals surface area contributed by atoms with E-state index in [4.69, 9.17) is 6.57 Å². The van der Waals surface area contributed by atoms with Gasteiger partial charge < -0.3 is 4.42 Å². The monoisotopic (exact) mass is 171 g/mol. The number of furan rings is 1. The van der Waals surface area contributed by atoms with E-state index in [1.54, 1.807) is 0 Å². The van der Waals surface area contributed by atoms with E-state index in [1.807, 2.05) is 0 Å². The van der Waals surface area contributed by atoms with Gasteiger partial charge in [0.2, 0.25) is 14.9 Å². The quantitative estimate of drug-likeness (QED) is 0.597. The highest BCUT2D eigenvalue weighted by Gasteiger charge is 2.11. The van der Waals surface area contributed by atoms with Crippen molar-refractivity contribution in [3.8, 4) is 0 Å². The average molecular weight is 171 g/mol. The van der Waals surface area contributed by atoms with Crippen molar-refractivity contribution in [2.24, 2.45) is 0 Å². The highest BCUT2D eigenvalue weighted by atomic mass is 32.2. The standard InChI is InChI=1S/C6H5NO3S/c1-7-5-3-4-6(10-5)11(2,8)9/h3-4H,2H3. The van der Waals surface area contributed by atoms with Gasteiger partial charge in [-0.05, 0) is 12.1 Å². The maximum absolute atomic E-state index is 10.8. The lowest BCUT2D eigenvalue weighted by atomic mass is 10.6. The molecule has 0 radical (unpaired) electrons. The van der Waals surface area contributed by atoms with Gasteiger partial charge in [0.05, 0.1) is 6.57 Å². The third kappa shape index (κ3) is 1.59. The van der Waals surface area contributed by atoms with Gasteiger partial charge >= 0.3 is 5.88 Å². The fraction of sp³-hybridized carbons (Fsp3) is 0.167. The van der Waals surface area contributed by atoms with Gasteiger partial charge in [-0.2, -0.15) is 4.85 Å². The lowest BCUT2D eigenvalue weighted by Gasteiger charge is -1.88. The molecule has 0 aliphatic rings. The van der Waals surface area contributed by atoms with Gasteiger partial charge in [0.15, 0.2) is 0 Å². The highest BCUT2D eigenvalue weighted by molar-refractivity contribution is 7.90. The van der Waals surface area contributed by atoms with Crippen LogP contribution in [-0.2, 0) is 9.84 Å². The average Bonchev–Trinajstić information content (AvgIpc) is 2.32. The van der Waals surface area contributed by atoms with Gasteiger partial charge in [-0.25, -0.2) is 8.42 Å². The van der Waals surface area contributed by atoms with Crippen LogP contribution in [0.4, 0.5) is 5.88 Å². The van der Waals surface area contributed by atoms with Crippen LogP contribution in [0.15, 0.2) is 21.6 Å². The van der Waals surface area contributed by atoms with Crippen molar-refractivity contribution in [1.29, 1.82) is 0 Å². The number of sulfone groups is 1. The van der Waals surface area contributed by atoms with Crippen LogP contribution in [0.2, 0.25) is 0 Å². The molecule has 0 unspecified atom stereocenters. The second-order valence-electron chi connectivity index (χ2n) is 1.98. The summed E-state index contributed by atoms with van der Waals surface area (Å²) in [6.45, 7) is 6.50. The molecule has 1 rings (SSSR count). The van der Waals surface area contributed by atoms with Crippen molar-refractivity contribution in [2.45, 2.75) is 5.09 Å². The number of hydrogen-bond acceptors (Lipinski definition) is 3. The van der Waals surface area contributed by atoms with Gasteiger partial charge in [0.25, 0.3) is 0 Å². The van der Waals surface area contributed by atoms with Crippen LogP contribution >= 0.6 is 0 Å². The molecule has 1 aromatic heterocycles. The zero-order valence-corrected chi connectivity index (χ0v) is 6.55. The maximum atomic E-state index is 10.8. The summed E-state index contributed by atoms with van der Waals surface area (Å²) in [5, 5.41) is -0.163. The zero-order valence-electron chi connectivity index (χ0n) is 5.73. The molecular formula is C6H5NO3S. The van der Waals surface area contributed by atoms with Crippen LogP contribution in [-0.4, -0.2) is 14.7 Å². The Bertz CT molecular complexity index is 396. The normalized spacial score (nSPS) is 10.9. The number of nitrogens with zero attached hydrogens (tertiary/aromatic N) is 1. The molecule has 5 heteroatoms. The van der Waals surface area contributed by atoms with Crippen molar-refractivity contribution in [3.05, 3.63) is 23.5 Å². The molecule has 11 heavy (non-hydrogen) atoms. The van der Waals surface area contributed by atoms with E-state index < -0.39 is 9.84 Å². The first kappa shape index (κ1) is 7.82. The maximum Gasteiger partial charge on any atom is 0.346 e. The Kier molecular flexibility index (Phi) is 1.71. The molecule has 0 saturated carbocycles. The molecule has 0 spiro atoms. The summed E-state index contributed by atoms with van der Waals surface area (Å²) in [7, 11) is -3.30. The van der Waals surface area contributed by atoms with Gasteiger partial charge in [-0.15, -0.1) is 0 Å². The largest absolute Gasteiger partial charge is 0.470 e. The summed E-state index contributed by atoms with van der Waals surface area (Å²) in [5.74, 6) is -0.00887. The van der Waals surface area contributed by atoms with Crippen LogP contribution < -0.4 is 0 Å². The molecule has 1 aromatic rings. The van der Waals surface area contributed by atoms with Gasteiger partial charge in [-0.3, -0.25) is 0 Å². The number of hydrogen-bond donors (Lipinski definition) is 0. The smallest absolute Gasteiger partial charge is 0.346 e. The van der Waals surface area contributed by atoms with Gasteiger partial charge in [0.1, 0.15) is 0 Å². The van der Waals surface area contributed by atoms with E-state index >= 15 is 0 Å². The lowest BCUT2D eigenvalue weighted by Crippen LogP contribution is -1.93. The Morgan fingerprint density at radius 1 is 1.55 bits per heavy atom. The SMILES string of the molecule is [C-]#[N+]c1ccc(S(C)(=O)=O)o1. The van der Waals surface area contributed by atoms with E-state index in [9.17, 15) is 8.42 Å². The predicted octanol–water partition coefficient (Wildman–Crippen LogP) is 1.23. The van der Waals surface area contributed by atoms with Crippen LogP contribution in [0.25, 0.3) is 4.85 Å². The molecule has 0 aliphatic heterocycles. The topological polar surface area (TPSA) is 51.6 Å². The minimum absolute atomic E-state index is 0.00887. The van der Waals surface area contributed by atoms with Gasteiger partial charge in [0, 0.05) is 6.26 Å². The summed E-state index contributed by atoms with van der Waals surface area (Å²) in [6, 6.07) is 2.59. The van der Waals surface area contributed by atoms with E-state index in [0.29, 0.717) is 0 Å². The summed E-state index contributed by atoms with van der Waals surface area (Å²) in [5.41, 5.74) is 0. The molecule has 0 aliphatic carbocycles. The molecule has 1 heterocycles. The minimum Gasteiger partial charge on any atom is -0.470 e. The van der Waals surface area contributed by atoms with Crippen molar-refractivity contribution < 1.29 is 12.8 Å². The Morgan fingerprint density at radius 2 is 2.18 bits per heavy atom. The molecule has 0 bridgehead atoms. The first-order valence-corrected chi connectivity index (χ1v) is 4.60. The van der Waals surface area contributed by atoms with Crippen LogP contribution in [0.1, 0.15) is 0 Å². The summed E-state index contributed by atoms with van der Waals surface area (Å²) in [6.07, 6.45) is 1.03. The first-order chi connectivity index (χ1) is 5.04. The molecule has 0 fully saturated rings. The first-order valence-electron chi connectivity index (χ1n) is 2.71. The molecule has 0 N–H and O–H groups in total. The molecule has 0 aromatic carbocycles. The molecule has 0 saturated heterocycles. The van der Waals surface area contributed by atoms with E-state index in [-0.39, 0.29) is 11.0 Å². The van der Waals surface area contributed by atoms with Crippen molar-refractivity contribution >= 4 is 15.7 Å². The predicted molar refractivity (Wildman–Crippen MR) is 38.1 cm³/mol. The lowest BCUT2D eigenvalue weighted by molar-refractivity contribution is 0.469. The summed E-state index contributed by atoms with van der Waals surface area (Å²) < 4.78 is 26.2. The molecule has 0 amide bonds. The number of rotatable bonds is 1. The van der Waals surface area contributed by atoms with E-state index in [0.717, 1.165) is 6.26 Å². The molecule has 4 nitrogen and oxygen atoms in total. The molecule has 0 atom stereocenters. The van der Waals surface area contributed by atoms with Gasteiger partial charge in [-0.1, -0.05) is 0 Å². The third-order valence-electron chi connectivity index (χ3n) is 1.04. The fourth-order valence-electron chi connectivity index (χ4n) is 0.570. The highest BCUT2D eigenvalue weighted by Crippen LogP contribution is 2.19. The summed E-state index contributed by atoms with van der Waals surface area (Å²) in [4.78, 5) is 2.92. The summed E-state index contributed by atoms with van der Waals surface area (Å²) >= 11 is 0. The van der Waals surface area contributed by atoms with Crippen LogP contribution in [0, 0.1) is 6.57 Å². The van der Waals surface area contributed by atoms with Crippen molar-refractivity contribution in [3.63, 3.8) is 0 Å². The second kappa shape index (κ2) is 2.40. The van der Waals surface area contributed by atoms with Crippen LogP contribution in [0.3, 0.4) is 0 Å². The van der Waals surface area contributed by atoms with E-state index in [1.165, 1.54) is 12.1 Å². The Hall–Kier alpha value is -1.28. The zero-order chi connectivity index (χ0) is 8.48. The Balaban J connectivity index is 3.22. The van der Waals surface area contributed by atoms with E-state index in [2.05, 4.69) is 9.26 Å². The minimum atomic E-state index is -3.30. The molecular weight excluding hydrogens is 166 g/mol. The second-order valence-corrected chi connectivity index (χ2v) is 3.92. The Labute approximate surface area is 64.2 Å². The van der Waals surface area contributed by atoms with Crippen molar-refractivity contribution in [2.75, 3.05) is 6.26 Å². The Morgan fingerprint density at radius 3 is 2.45 bits per heavy atom. The molecule has 58 valence electrons. The fourth-order valence-corrected chi connectivity index (χ4v) is 1.12. The van der Waals surface area contributed by atoms with Crippen molar-refractivity contribution in [1.82, 2.24) is 0 Å². The third-order valence-corrected chi connectivity index (χ3v) is 1.99.